The maximum absolute atomic E-state index is 4.64. The van der Waals surface area contributed by atoms with Gasteiger partial charge in [0.2, 0.25) is 0 Å². The summed E-state index contributed by atoms with van der Waals surface area (Å²) in [6.07, 6.45) is 1.10. The Bertz CT molecular complexity index is 268. The Morgan fingerprint density at radius 3 is 2.38 bits per heavy atom. The number of aromatic nitrogens is 1. The van der Waals surface area contributed by atoms with Crippen molar-refractivity contribution in [3.63, 3.8) is 0 Å². The lowest BCUT2D eigenvalue weighted by atomic mass is 9.98. The quantitative estimate of drug-likeness (QED) is 0.705. The van der Waals surface area contributed by atoms with Crippen molar-refractivity contribution in [3.05, 3.63) is 16.1 Å². The molecule has 0 spiro atoms. The number of hydrogen-bond acceptors (Lipinski definition) is 2. The molecule has 0 radical (unpaired) electrons. The maximum Gasteiger partial charge on any atom is 0.0981 e. The molecule has 0 atom stereocenters. The predicted molar refractivity (Wildman–Crippen MR) is 59.4 cm³/mol. The minimum absolute atomic E-state index is 0.208. The molecule has 13 heavy (non-hydrogen) atoms. The highest BCUT2D eigenvalue weighted by molar-refractivity contribution is 7.09. The second-order valence-corrected chi connectivity index (χ2v) is 5.85. The zero-order valence-electron chi connectivity index (χ0n) is 9.22. The Labute approximate surface area is 85.2 Å². The minimum atomic E-state index is 0.208. The summed E-state index contributed by atoms with van der Waals surface area (Å²) in [6.45, 7) is 11.1. The van der Waals surface area contributed by atoms with Crippen molar-refractivity contribution in [2.24, 2.45) is 5.92 Å². The molecule has 2 heteroatoms. The van der Waals surface area contributed by atoms with Crippen molar-refractivity contribution in [2.75, 3.05) is 0 Å². The van der Waals surface area contributed by atoms with Crippen LogP contribution in [0.25, 0.3) is 0 Å². The molecule has 0 fully saturated rings. The van der Waals surface area contributed by atoms with Crippen molar-refractivity contribution >= 4 is 11.3 Å². The first kappa shape index (κ1) is 10.7. The lowest BCUT2D eigenvalue weighted by Crippen LogP contribution is -2.10. The van der Waals surface area contributed by atoms with Gasteiger partial charge in [0.1, 0.15) is 0 Å². The molecule has 0 aliphatic heterocycles. The van der Waals surface area contributed by atoms with Gasteiger partial charge in [-0.25, -0.2) is 4.98 Å². The van der Waals surface area contributed by atoms with Crippen LogP contribution in [0.5, 0.6) is 0 Å². The Balaban J connectivity index is 2.75. The second kappa shape index (κ2) is 3.79. The monoisotopic (exact) mass is 197 g/mol. The van der Waals surface area contributed by atoms with Crippen LogP contribution in [0.4, 0.5) is 0 Å². The van der Waals surface area contributed by atoms with E-state index in [1.54, 1.807) is 11.3 Å². The number of thiazole rings is 1. The predicted octanol–water partition coefficient (Wildman–Crippen LogP) is 3.64. The largest absolute Gasteiger partial charge is 0.246 e. The first-order valence-corrected chi connectivity index (χ1v) is 5.72. The van der Waals surface area contributed by atoms with Gasteiger partial charge in [-0.2, -0.15) is 0 Å². The van der Waals surface area contributed by atoms with E-state index in [2.05, 4.69) is 45.0 Å². The van der Waals surface area contributed by atoms with Crippen LogP contribution in [0.2, 0.25) is 0 Å². The fourth-order valence-electron chi connectivity index (χ4n) is 1.16. The van der Waals surface area contributed by atoms with Gasteiger partial charge in [0.05, 0.1) is 10.7 Å². The van der Waals surface area contributed by atoms with Crippen LogP contribution >= 0.6 is 11.3 Å². The molecule has 0 aliphatic rings. The molecule has 0 aliphatic carbocycles. The molecule has 0 unspecified atom stereocenters. The van der Waals surface area contributed by atoms with Gasteiger partial charge in [0.25, 0.3) is 0 Å². The lowest BCUT2D eigenvalue weighted by Gasteiger charge is -2.13. The molecule has 1 nitrogen and oxygen atoms in total. The van der Waals surface area contributed by atoms with Crippen LogP contribution in [-0.2, 0) is 11.8 Å². The number of rotatable bonds is 2. The zero-order valence-corrected chi connectivity index (χ0v) is 10.0. The summed E-state index contributed by atoms with van der Waals surface area (Å²) in [5.41, 5.74) is 1.46. The topological polar surface area (TPSA) is 12.9 Å². The summed E-state index contributed by atoms with van der Waals surface area (Å²) in [4.78, 5) is 4.64. The first-order valence-electron chi connectivity index (χ1n) is 4.84. The summed E-state index contributed by atoms with van der Waals surface area (Å²) >= 11 is 1.79. The van der Waals surface area contributed by atoms with E-state index in [0.29, 0.717) is 5.92 Å². The minimum Gasteiger partial charge on any atom is -0.246 e. The highest BCUT2D eigenvalue weighted by Crippen LogP contribution is 2.26. The van der Waals surface area contributed by atoms with Crippen molar-refractivity contribution < 1.29 is 0 Å². The molecule has 0 amide bonds. The Morgan fingerprint density at radius 2 is 2.00 bits per heavy atom. The smallest absolute Gasteiger partial charge is 0.0981 e. The van der Waals surface area contributed by atoms with Crippen LogP contribution in [0, 0.1) is 5.92 Å². The van der Waals surface area contributed by atoms with E-state index in [-0.39, 0.29) is 5.41 Å². The molecule has 1 rings (SSSR count). The molecule has 0 N–H and O–H groups in total. The fourth-order valence-corrected chi connectivity index (χ4v) is 2.08. The molecular weight excluding hydrogens is 178 g/mol. The molecule has 0 saturated carbocycles. The van der Waals surface area contributed by atoms with E-state index >= 15 is 0 Å². The van der Waals surface area contributed by atoms with Crippen LogP contribution in [0.1, 0.15) is 45.3 Å². The average molecular weight is 197 g/mol. The highest BCUT2D eigenvalue weighted by atomic mass is 32.1. The third kappa shape index (κ3) is 3.11. The van der Waals surface area contributed by atoms with Gasteiger partial charge in [0.15, 0.2) is 0 Å². The normalized spacial score (nSPS) is 12.5. The van der Waals surface area contributed by atoms with Gasteiger partial charge in [-0.3, -0.25) is 0 Å². The van der Waals surface area contributed by atoms with Gasteiger partial charge in [-0.15, -0.1) is 11.3 Å². The summed E-state index contributed by atoms with van der Waals surface area (Å²) in [5.74, 6) is 0.704. The molecule has 1 aromatic heterocycles. The molecule has 74 valence electrons. The van der Waals surface area contributed by atoms with Gasteiger partial charge in [-0.1, -0.05) is 34.6 Å². The molecule has 0 saturated heterocycles. The number of hydrogen-bond donors (Lipinski definition) is 0. The Hall–Kier alpha value is -0.370. The Morgan fingerprint density at radius 1 is 1.38 bits per heavy atom. The SMILES string of the molecule is CC(C)Cc1csc(C(C)(C)C)n1. The fraction of sp³-hybridized carbons (Fsp3) is 0.727. The molecular formula is C11H19NS. The van der Waals surface area contributed by atoms with Crippen molar-refractivity contribution in [2.45, 2.75) is 46.5 Å². The van der Waals surface area contributed by atoms with E-state index < -0.39 is 0 Å². The molecule has 1 aromatic rings. The molecule has 0 bridgehead atoms. The van der Waals surface area contributed by atoms with Gasteiger partial charge >= 0.3 is 0 Å². The van der Waals surface area contributed by atoms with E-state index in [1.165, 1.54) is 10.7 Å². The van der Waals surface area contributed by atoms with Gasteiger partial charge < -0.3 is 0 Å². The van der Waals surface area contributed by atoms with E-state index in [9.17, 15) is 0 Å². The summed E-state index contributed by atoms with van der Waals surface area (Å²) in [7, 11) is 0. The third-order valence-corrected chi connectivity index (χ3v) is 3.13. The van der Waals surface area contributed by atoms with Crippen LogP contribution in [0.3, 0.4) is 0 Å². The van der Waals surface area contributed by atoms with Crippen LogP contribution in [-0.4, -0.2) is 4.98 Å². The van der Waals surface area contributed by atoms with E-state index in [1.807, 2.05) is 0 Å². The Kier molecular flexibility index (Phi) is 3.12. The van der Waals surface area contributed by atoms with Crippen LogP contribution in [0.15, 0.2) is 5.38 Å². The van der Waals surface area contributed by atoms with Gasteiger partial charge in [-0.05, 0) is 12.3 Å². The summed E-state index contributed by atoms with van der Waals surface area (Å²) in [5, 5.41) is 3.45. The average Bonchev–Trinajstić information content (AvgIpc) is 2.32. The van der Waals surface area contributed by atoms with Crippen LogP contribution < -0.4 is 0 Å². The zero-order chi connectivity index (χ0) is 10.1. The molecule has 1 heterocycles. The maximum atomic E-state index is 4.64. The third-order valence-electron chi connectivity index (χ3n) is 1.81. The second-order valence-electron chi connectivity index (χ2n) is 4.99. The van der Waals surface area contributed by atoms with Crippen molar-refractivity contribution in [1.82, 2.24) is 4.98 Å². The van der Waals surface area contributed by atoms with E-state index in [4.69, 9.17) is 0 Å². The standard InChI is InChI=1S/C11H19NS/c1-8(2)6-9-7-13-10(12-9)11(3,4)5/h7-8H,6H2,1-5H3. The highest BCUT2D eigenvalue weighted by Gasteiger charge is 2.17. The summed E-state index contributed by atoms with van der Waals surface area (Å²) < 4.78 is 0. The lowest BCUT2D eigenvalue weighted by molar-refractivity contribution is 0.576. The van der Waals surface area contributed by atoms with Crippen molar-refractivity contribution in [1.29, 1.82) is 0 Å². The molecule has 0 aromatic carbocycles. The summed E-state index contributed by atoms with van der Waals surface area (Å²) in [6, 6.07) is 0. The van der Waals surface area contributed by atoms with Crippen molar-refractivity contribution in [3.8, 4) is 0 Å². The van der Waals surface area contributed by atoms with Gasteiger partial charge in [0, 0.05) is 10.8 Å². The first-order chi connectivity index (χ1) is 5.89. The van der Waals surface area contributed by atoms with E-state index in [0.717, 1.165) is 6.42 Å². The number of nitrogens with zero attached hydrogens (tertiary/aromatic N) is 1.